The van der Waals surface area contributed by atoms with E-state index < -0.39 is 0 Å². The summed E-state index contributed by atoms with van der Waals surface area (Å²) in [5.41, 5.74) is 2.84. The normalized spacial score (nSPS) is 11.1. The van der Waals surface area contributed by atoms with Crippen molar-refractivity contribution < 1.29 is 4.74 Å². The third-order valence-corrected chi connectivity index (χ3v) is 3.44. The maximum atomic E-state index is 6.52. The highest BCUT2D eigenvalue weighted by Crippen LogP contribution is 2.36. The fourth-order valence-corrected chi connectivity index (χ4v) is 2.63. The number of benzene rings is 1. The monoisotopic (exact) mass is 272 g/mol. The number of ether oxygens (including phenoxy) is 1. The molecule has 0 aliphatic carbocycles. The molecule has 0 fully saturated rings. The summed E-state index contributed by atoms with van der Waals surface area (Å²) in [6.07, 6.45) is 1.76. The van der Waals surface area contributed by atoms with Crippen molar-refractivity contribution in [3.05, 3.63) is 53.7 Å². The van der Waals surface area contributed by atoms with Crippen molar-refractivity contribution in [3.63, 3.8) is 0 Å². The number of aromatic nitrogens is 2. The van der Waals surface area contributed by atoms with E-state index >= 15 is 0 Å². The molecule has 0 bridgehead atoms. The molecule has 4 heteroatoms. The van der Waals surface area contributed by atoms with Crippen molar-refractivity contribution in [2.75, 3.05) is 7.11 Å². The van der Waals surface area contributed by atoms with Gasteiger partial charge in [0.25, 0.3) is 0 Å². The maximum Gasteiger partial charge on any atom is 0.143 e. The van der Waals surface area contributed by atoms with Crippen LogP contribution in [-0.4, -0.2) is 16.7 Å². The Balaban J connectivity index is 2.34. The van der Waals surface area contributed by atoms with Crippen LogP contribution in [0.2, 0.25) is 5.02 Å². The fraction of sp³-hybridized carbons (Fsp3) is 0.133. The largest absolute Gasteiger partial charge is 0.364 e. The minimum Gasteiger partial charge on any atom is -0.364 e. The third-order valence-electron chi connectivity index (χ3n) is 3.06. The molecule has 0 radical (unpaired) electrons. The maximum absolute atomic E-state index is 6.52. The van der Waals surface area contributed by atoms with Gasteiger partial charge in [-0.1, -0.05) is 41.9 Å². The summed E-state index contributed by atoms with van der Waals surface area (Å²) >= 11 is 6.52. The van der Waals surface area contributed by atoms with Gasteiger partial charge in [-0.25, -0.2) is 4.98 Å². The Morgan fingerprint density at radius 2 is 1.95 bits per heavy atom. The van der Waals surface area contributed by atoms with E-state index in [-0.39, 0.29) is 0 Å². The number of pyridine rings is 1. The zero-order valence-electron chi connectivity index (χ0n) is 10.5. The van der Waals surface area contributed by atoms with E-state index in [0.717, 1.165) is 22.3 Å². The lowest BCUT2D eigenvalue weighted by Gasteiger charge is -2.09. The molecule has 3 nitrogen and oxygen atoms in total. The number of hydrogen-bond donors (Lipinski definition) is 0. The fourth-order valence-electron chi connectivity index (χ4n) is 2.27. The Bertz CT molecular complexity index is 707. The zero-order valence-corrected chi connectivity index (χ0v) is 11.3. The lowest BCUT2D eigenvalue weighted by atomic mass is 10.1. The highest BCUT2D eigenvalue weighted by Gasteiger charge is 2.17. The molecule has 96 valence electrons. The molecule has 0 spiro atoms. The van der Waals surface area contributed by atoms with Gasteiger partial charge in [-0.05, 0) is 17.7 Å². The summed E-state index contributed by atoms with van der Waals surface area (Å²) in [5.74, 6) is 0. The van der Waals surface area contributed by atoms with Gasteiger partial charge in [0.05, 0.1) is 10.7 Å². The second kappa shape index (κ2) is 5.03. The minimum absolute atomic E-state index is 0.421. The molecular formula is C15H13ClN2O. The van der Waals surface area contributed by atoms with Gasteiger partial charge in [0.1, 0.15) is 12.4 Å². The van der Waals surface area contributed by atoms with Crippen molar-refractivity contribution in [1.29, 1.82) is 0 Å². The van der Waals surface area contributed by atoms with Crippen molar-refractivity contribution in [3.8, 4) is 11.3 Å². The van der Waals surface area contributed by atoms with E-state index in [0.29, 0.717) is 11.8 Å². The minimum atomic E-state index is 0.421. The van der Waals surface area contributed by atoms with E-state index in [1.165, 1.54) is 0 Å². The molecule has 0 saturated carbocycles. The van der Waals surface area contributed by atoms with Crippen LogP contribution in [0.25, 0.3) is 22.3 Å². The average Bonchev–Trinajstić information content (AvgIpc) is 2.74. The summed E-state index contributed by atoms with van der Waals surface area (Å²) in [5, 5.41) is 1.66. The second-order valence-electron chi connectivity index (χ2n) is 4.25. The van der Waals surface area contributed by atoms with E-state index in [1.807, 2.05) is 47.0 Å². The van der Waals surface area contributed by atoms with Crippen LogP contribution in [0.4, 0.5) is 0 Å². The SMILES string of the molecule is COCn1c(-c2ccccc2)c(Cl)c2cccnc21. The molecule has 2 heterocycles. The van der Waals surface area contributed by atoms with Crippen molar-refractivity contribution in [1.82, 2.24) is 9.55 Å². The highest BCUT2D eigenvalue weighted by molar-refractivity contribution is 6.38. The van der Waals surface area contributed by atoms with Crippen LogP contribution in [0, 0.1) is 0 Å². The molecule has 2 aromatic heterocycles. The van der Waals surface area contributed by atoms with Crippen LogP contribution in [0.5, 0.6) is 0 Å². The lowest BCUT2D eigenvalue weighted by Crippen LogP contribution is -2.02. The predicted octanol–water partition coefficient (Wildman–Crippen LogP) is 3.96. The summed E-state index contributed by atoms with van der Waals surface area (Å²) in [6.45, 7) is 0.421. The van der Waals surface area contributed by atoms with E-state index in [1.54, 1.807) is 13.3 Å². The summed E-state index contributed by atoms with van der Waals surface area (Å²) in [4.78, 5) is 4.41. The number of rotatable bonds is 3. The molecule has 0 unspecified atom stereocenters. The summed E-state index contributed by atoms with van der Waals surface area (Å²) < 4.78 is 7.27. The van der Waals surface area contributed by atoms with Gasteiger partial charge in [-0.2, -0.15) is 0 Å². The summed E-state index contributed by atoms with van der Waals surface area (Å²) in [7, 11) is 1.66. The number of fused-ring (bicyclic) bond motifs is 1. The molecule has 0 aliphatic heterocycles. The first-order valence-electron chi connectivity index (χ1n) is 6.00. The smallest absolute Gasteiger partial charge is 0.143 e. The molecular weight excluding hydrogens is 260 g/mol. The number of nitrogens with zero attached hydrogens (tertiary/aromatic N) is 2. The van der Waals surface area contributed by atoms with Gasteiger partial charge < -0.3 is 4.74 Å². The Kier molecular flexibility index (Phi) is 3.23. The van der Waals surface area contributed by atoms with Gasteiger partial charge in [-0.15, -0.1) is 0 Å². The van der Waals surface area contributed by atoms with Crippen LogP contribution in [0.3, 0.4) is 0 Å². The molecule has 0 saturated heterocycles. The van der Waals surface area contributed by atoms with E-state index in [4.69, 9.17) is 16.3 Å². The van der Waals surface area contributed by atoms with Crippen molar-refractivity contribution in [2.24, 2.45) is 0 Å². The standard InChI is InChI=1S/C15H13ClN2O/c1-19-10-18-14(11-6-3-2-4-7-11)13(16)12-8-5-9-17-15(12)18/h2-9H,10H2,1H3. The first-order valence-corrected chi connectivity index (χ1v) is 6.38. The molecule has 1 aromatic carbocycles. The molecule has 0 amide bonds. The third kappa shape index (κ3) is 2.01. The number of halogens is 1. The zero-order chi connectivity index (χ0) is 13.2. The van der Waals surface area contributed by atoms with Gasteiger partial charge >= 0.3 is 0 Å². The first-order chi connectivity index (χ1) is 9.33. The van der Waals surface area contributed by atoms with Crippen LogP contribution in [0.1, 0.15) is 0 Å². The Morgan fingerprint density at radius 3 is 2.68 bits per heavy atom. The molecule has 19 heavy (non-hydrogen) atoms. The van der Waals surface area contributed by atoms with Crippen LogP contribution >= 0.6 is 11.6 Å². The first kappa shape index (κ1) is 12.2. The molecule has 0 atom stereocenters. The number of methoxy groups -OCH3 is 1. The molecule has 0 N–H and O–H groups in total. The Morgan fingerprint density at radius 1 is 1.16 bits per heavy atom. The predicted molar refractivity (Wildman–Crippen MR) is 77.2 cm³/mol. The number of hydrogen-bond acceptors (Lipinski definition) is 2. The van der Waals surface area contributed by atoms with Gasteiger partial charge in [-0.3, -0.25) is 4.57 Å². The van der Waals surface area contributed by atoms with Crippen molar-refractivity contribution >= 4 is 22.6 Å². The van der Waals surface area contributed by atoms with Crippen LogP contribution in [-0.2, 0) is 11.5 Å². The Hall–Kier alpha value is -1.84. The molecule has 3 rings (SSSR count). The van der Waals surface area contributed by atoms with Gasteiger partial charge in [0.15, 0.2) is 0 Å². The lowest BCUT2D eigenvalue weighted by molar-refractivity contribution is 0.135. The average molecular weight is 273 g/mol. The van der Waals surface area contributed by atoms with Crippen LogP contribution < -0.4 is 0 Å². The van der Waals surface area contributed by atoms with Crippen molar-refractivity contribution in [2.45, 2.75) is 6.73 Å². The Labute approximate surface area is 116 Å². The molecule has 0 aliphatic rings. The quantitative estimate of drug-likeness (QED) is 0.722. The van der Waals surface area contributed by atoms with E-state index in [9.17, 15) is 0 Å². The van der Waals surface area contributed by atoms with Gasteiger partial charge in [0, 0.05) is 18.7 Å². The topological polar surface area (TPSA) is 27.1 Å². The van der Waals surface area contributed by atoms with Crippen LogP contribution in [0.15, 0.2) is 48.7 Å². The van der Waals surface area contributed by atoms with E-state index in [2.05, 4.69) is 4.98 Å². The highest BCUT2D eigenvalue weighted by atomic mass is 35.5. The molecule has 3 aromatic rings. The second-order valence-corrected chi connectivity index (χ2v) is 4.63. The van der Waals surface area contributed by atoms with Gasteiger partial charge in [0.2, 0.25) is 0 Å². The summed E-state index contributed by atoms with van der Waals surface area (Å²) in [6, 6.07) is 13.9.